The first-order valence-corrected chi connectivity index (χ1v) is 4.51. The number of rotatable bonds is 2. The molecule has 0 aliphatic rings. The van der Waals surface area contributed by atoms with Crippen molar-refractivity contribution in [2.45, 2.75) is 0 Å². The fourth-order valence-corrected chi connectivity index (χ4v) is 1.38. The lowest BCUT2D eigenvalue weighted by molar-refractivity contribution is 0.479. The molecule has 0 aliphatic carbocycles. The van der Waals surface area contributed by atoms with E-state index in [2.05, 4.69) is 0 Å². The van der Waals surface area contributed by atoms with Crippen LogP contribution in [0.1, 0.15) is 0 Å². The summed E-state index contributed by atoms with van der Waals surface area (Å²) in [5.41, 5.74) is 0. The van der Waals surface area contributed by atoms with E-state index >= 15 is 0 Å². The third-order valence-corrected chi connectivity index (χ3v) is 2.19. The molecule has 0 aromatic rings. The van der Waals surface area contributed by atoms with Crippen LogP contribution in [-0.2, 0) is 20.2 Å². The summed E-state index contributed by atoms with van der Waals surface area (Å²) < 4.78 is 53.9. The summed E-state index contributed by atoms with van der Waals surface area (Å²) in [5, 5.41) is -0.569. The highest BCUT2D eigenvalue weighted by Gasteiger charge is 2.17. The largest absolute Gasteiger partial charge is 0.287 e. The molecule has 0 aromatic heterocycles. The van der Waals surface area contributed by atoms with E-state index in [1.165, 1.54) is 0 Å². The predicted molar refractivity (Wildman–Crippen MR) is 27.4 cm³/mol. The first kappa shape index (κ1) is 8.82. The van der Waals surface area contributed by atoms with Crippen molar-refractivity contribution in [2.24, 2.45) is 0 Å². The third-order valence-electron chi connectivity index (χ3n) is 0.243. The van der Waals surface area contributed by atoms with Crippen LogP contribution < -0.4 is 0 Å². The Morgan fingerprint density at radius 2 is 1.11 bits per heavy atom. The minimum absolute atomic E-state index is 0.569. The van der Waals surface area contributed by atoms with Crippen LogP contribution in [0.4, 0.5) is 0 Å². The summed E-state index contributed by atoms with van der Waals surface area (Å²) >= 11 is 0. The van der Waals surface area contributed by atoms with Gasteiger partial charge in [0.2, 0.25) is 5.08 Å². The molecule has 0 unspecified atom stereocenters. The van der Waals surface area contributed by atoms with Crippen LogP contribution in [0.2, 0.25) is 0 Å². The molecule has 0 bridgehead atoms. The molecule has 0 spiro atoms. The maximum Gasteiger partial charge on any atom is 0.287 e. The zero-order chi connectivity index (χ0) is 7.71. The van der Waals surface area contributed by atoms with Crippen LogP contribution in [-0.4, -0.2) is 25.9 Å². The highest BCUT2D eigenvalue weighted by Crippen LogP contribution is 1.95. The predicted octanol–water partition coefficient (Wildman–Crippen LogP) is -1.12. The van der Waals surface area contributed by atoms with E-state index in [4.69, 9.17) is 9.11 Å². The lowest BCUT2D eigenvalue weighted by Crippen LogP contribution is -2.07. The van der Waals surface area contributed by atoms with Crippen molar-refractivity contribution in [2.75, 3.05) is 0 Å². The molecule has 0 saturated carbocycles. The van der Waals surface area contributed by atoms with Gasteiger partial charge in [-0.2, -0.15) is 16.8 Å². The van der Waals surface area contributed by atoms with E-state index in [1.54, 1.807) is 0 Å². The third kappa shape index (κ3) is 7.82. The fourth-order valence-electron chi connectivity index (χ4n) is 0.154. The van der Waals surface area contributed by atoms with E-state index in [-0.39, 0.29) is 0 Å². The van der Waals surface area contributed by atoms with Crippen molar-refractivity contribution in [3.05, 3.63) is 5.08 Å². The van der Waals surface area contributed by atoms with Crippen molar-refractivity contribution in [1.82, 2.24) is 0 Å². The molecule has 2 N–H and O–H groups in total. The molecule has 0 fully saturated rings. The van der Waals surface area contributed by atoms with Crippen molar-refractivity contribution < 1.29 is 25.9 Å². The Labute approximate surface area is 52.0 Å². The monoisotopic (exact) mass is 175 g/mol. The second-order valence-corrected chi connectivity index (χ2v) is 3.96. The van der Waals surface area contributed by atoms with E-state index in [0.717, 1.165) is 0 Å². The second-order valence-electron chi connectivity index (χ2n) is 1.13. The molecule has 0 atom stereocenters. The molecule has 1 radical (unpaired) electrons. The zero-order valence-electron chi connectivity index (χ0n) is 3.92. The minimum atomic E-state index is -4.74. The van der Waals surface area contributed by atoms with Gasteiger partial charge in [0, 0.05) is 0 Å². The van der Waals surface area contributed by atoms with Gasteiger partial charge >= 0.3 is 0 Å². The molecular weight excluding hydrogens is 172 g/mol. The fraction of sp³-hybridized carbons (Fsp3) is 0. The van der Waals surface area contributed by atoms with Crippen molar-refractivity contribution in [1.29, 1.82) is 0 Å². The van der Waals surface area contributed by atoms with Gasteiger partial charge in [-0.05, 0) is 0 Å². The molecule has 0 aromatic carbocycles. The average molecular weight is 175 g/mol. The van der Waals surface area contributed by atoms with Gasteiger partial charge in [-0.25, -0.2) is 0 Å². The molecule has 0 aliphatic heterocycles. The van der Waals surface area contributed by atoms with Gasteiger partial charge in [0.25, 0.3) is 20.2 Å². The van der Waals surface area contributed by atoms with Crippen LogP contribution >= 0.6 is 0 Å². The van der Waals surface area contributed by atoms with Gasteiger partial charge in [0.15, 0.2) is 0 Å². The Kier molecular flexibility index (Phi) is 2.17. The Hall–Kier alpha value is -0.180. The zero-order valence-corrected chi connectivity index (χ0v) is 5.55. The number of hydrogen-bond donors (Lipinski definition) is 2. The van der Waals surface area contributed by atoms with Crippen LogP contribution in [0.3, 0.4) is 0 Å². The van der Waals surface area contributed by atoms with Gasteiger partial charge in [0.1, 0.15) is 0 Å². The highest BCUT2D eigenvalue weighted by molar-refractivity contribution is 8.06. The molecule has 6 nitrogen and oxygen atoms in total. The SMILES string of the molecule is O=S(=O)(O)[CH]S(=O)(=O)O. The number of hydrogen-bond acceptors (Lipinski definition) is 4. The van der Waals surface area contributed by atoms with Gasteiger partial charge in [-0.3, -0.25) is 9.11 Å². The molecular formula is CH3O6S2. The standard InChI is InChI=1S/CH3O6S2/c2-8(3,4)1-9(5,6)7/h1H,(H,2,3,4)(H,5,6,7). The maximum absolute atomic E-state index is 9.61. The van der Waals surface area contributed by atoms with Crippen LogP contribution in [0.25, 0.3) is 0 Å². The van der Waals surface area contributed by atoms with Gasteiger partial charge in [-0.1, -0.05) is 0 Å². The first-order chi connectivity index (χ1) is 3.71. The topological polar surface area (TPSA) is 109 Å². The summed E-state index contributed by atoms with van der Waals surface area (Å²) in [6.45, 7) is 0. The summed E-state index contributed by atoms with van der Waals surface area (Å²) in [6.07, 6.45) is 0. The van der Waals surface area contributed by atoms with Crippen LogP contribution in [0.5, 0.6) is 0 Å². The summed E-state index contributed by atoms with van der Waals surface area (Å²) in [7, 11) is -9.49. The molecule has 0 rings (SSSR count). The average Bonchev–Trinajstić information content (AvgIpc) is 1.14. The molecule has 8 heteroatoms. The second kappa shape index (κ2) is 2.21. The first-order valence-electron chi connectivity index (χ1n) is 1.50. The normalized spacial score (nSPS) is 13.6. The van der Waals surface area contributed by atoms with E-state index in [0.29, 0.717) is 0 Å². The molecule has 55 valence electrons. The Morgan fingerprint density at radius 3 is 1.11 bits per heavy atom. The van der Waals surface area contributed by atoms with E-state index in [1.807, 2.05) is 0 Å². The van der Waals surface area contributed by atoms with Crippen LogP contribution in [0, 0.1) is 5.08 Å². The summed E-state index contributed by atoms with van der Waals surface area (Å²) in [5.74, 6) is 0. The van der Waals surface area contributed by atoms with Crippen molar-refractivity contribution >= 4 is 20.2 Å². The minimum Gasteiger partial charge on any atom is -0.284 e. The Morgan fingerprint density at radius 1 is 0.889 bits per heavy atom. The van der Waals surface area contributed by atoms with Crippen LogP contribution in [0.15, 0.2) is 0 Å². The molecule has 0 amide bonds. The highest BCUT2D eigenvalue weighted by atomic mass is 32.3. The van der Waals surface area contributed by atoms with E-state index < -0.39 is 25.3 Å². The lowest BCUT2D eigenvalue weighted by atomic mass is 11.9. The Bertz CT molecular complexity index is 236. The summed E-state index contributed by atoms with van der Waals surface area (Å²) in [4.78, 5) is 0. The van der Waals surface area contributed by atoms with Gasteiger partial charge in [-0.15, -0.1) is 0 Å². The molecule has 0 heterocycles. The summed E-state index contributed by atoms with van der Waals surface area (Å²) in [6, 6.07) is 0. The quantitative estimate of drug-likeness (QED) is 0.514. The maximum atomic E-state index is 9.61. The van der Waals surface area contributed by atoms with Crippen molar-refractivity contribution in [3.8, 4) is 0 Å². The van der Waals surface area contributed by atoms with Crippen molar-refractivity contribution in [3.63, 3.8) is 0 Å². The lowest BCUT2D eigenvalue weighted by Gasteiger charge is -1.88. The smallest absolute Gasteiger partial charge is 0.284 e. The molecule has 0 saturated heterocycles. The van der Waals surface area contributed by atoms with E-state index in [9.17, 15) is 16.8 Å². The Balaban J connectivity index is 4.46. The van der Waals surface area contributed by atoms with Gasteiger partial charge < -0.3 is 0 Å². The van der Waals surface area contributed by atoms with Gasteiger partial charge in [0.05, 0.1) is 0 Å². The molecule has 9 heavy (non-hydrogen) atoms.